The van der Waals surface area contributed by atoms with Gasteiger partial charge in [0.25, 0.3) is 0 Å². The Morgan fingerprint density at radius 2 is 2.07 bits per heavy atom. The van der Waals surface area contributed by atoms with Gasteiger partial charge in [-0.15, -0.1) is 0 Å². The topological polar surface area (TPSA) is 36.4 Å². The van der Waals surface area contributed by atoms with Crippen molar-refractivity contribution in [2.45, 2.75) is 50.1 Å². The molecule has 2 saturated heterocycles. The van der Waals surface area contributed by atoms with Crippen molar-refractivity contribution in [1.82, 2.24) is 14.8 Å². The Morgan fingerprint density at radius 1 is 1.18 bits per heavy atom. The number of hydrogen-bond acceptors (Lipinski definition) is 3. The van der Waals surface area contributed by atoms with Gasteiger partial charge in [0, 0.05) is 36.9 Å². The van der Waals surface area contributed by atoms with Gasteiger partial charge in [-0.05, 0) is 49.7 Å². The van der Waals surface area contributed by atoms with E-state index in [9.17, 15) is 9.18 Å². The molecule has 4 nitrogen and oxygen atoms in total. The molecule has 0 spiro atoms. The number of nitrogens with zero attached hydrogens (tertiary/aromatic N) is 3. The Labute approximate surface area is 166 Å². The first kappa shape index (κ1) is 19.1. The summed E-state index contributed by atoms with van der Waals surface area (Å²) in [6, 6.07) is 13.0. The number of benzene rings is 1. The lowest BCUT2D eigenvalue weighted by Gasteiger charge is -2.39. The zero-order chi connectivity index (χ0) is 19.5. The fourth-order valence-electron chi connectivity index (χ4n) is 4.95. The lowest BCUT2D eigenvalue weighted by molar-refractivity contribution is -0.134. The van der Waals surface area contributed by atoms with Gasteiger partial charge in [0.2, 0.25) is 5.91 Å². The summed E-state index contributed by atoms with van der Waals surface area (Å²) in [5.41, 5.74) is 1.80. The minimum absolute atomic E-state index is 0.0864. The molecule has 0 saturated carbocycles. The Hall–Kier alpha value is -2.27. The average molecular weight is 381 g/mol. The molecule has 148 valence electrons. The molecule has 3 atom stereocenters. The van der Waals surface area contributed by atoms with Crippen LogP contribution < -0.4 is 0 Å². The minimum atomic E-state index is -0.208. The van der Waals surface area contributed by atoms with Crippen LogP contribution in [-0.2, 0) is 11.2 Å². The predicted molar refractivity (Wildman–Crippen MR) is 107 cm³/mol. The molecule has 2 aliphatic rings. The number of aromatic nitrogens is 1. The number of pyridine rings is 1. The number of amides is 1. The van der Waals surface area contributed by atoms with Crippen LogP contribution in [-0.4, -0.2) is 52.9 Å². The monoisotopic (exact) mass is 381 g/mol. The third kappa shape index (κ3) is 3.95. The maximum absolute atomic E-state index is 13.9. The SMILES string of the molecule is CN1C[C@@H](c2cccc(F)c2)[C@H]2[C@H]1CCCCCN2C(=O)Cc1ccccn1. The summed E-state index contributed by atoms with van der Waals surface area (Å²) >= 11 is 0. The predicted octanol–water partition coefficient (Wildman–Crippen LogP) is 3.63. The molecule has 0 bridgehead atoms. The summed E-state index contributed by atoms with van der Waals surface area (Å²) < 4.78 is 13.9. The van der Waals surface area contributed by atoms with E-state index in [2.05, 4.69) is 21.8 Å². The number of likely N-dealkylation sites (N-methyl/N-ethyl adjacent to an activating group) is 1. The largest absolute Gasteiger partial charge is 0.337 e. The normalized spacial score (nSPS) is 25.8. The highest BCUT2D eigenvalue weighted by atomic mass is 19.1. The Morgan fingerprint density at radius 3 is 2.86 bits per heavy atom. The fourth-order valence-corrected chi connectivity index (χ4v) is 4.95. The molecule has 28 heavy (non-hydrogen) atoms. The number of halogens is 1. The number of likely N-dealkylation sites (tertiary alicyclic amines) is 2. The molecule has 1 aromatic carbocycles. The highest BCUT2D eigenvalue weighted by Gasteiger charge is 2.45. The van der Waals surface area contributed by atoms with E-state index in [1.54, 1.807) is 18.3 Å². The van der Waals surface area contributed by atoms with E-state index in [-0.39, 0.29) is 23.7 Å². The molecule has 0 N–H and O–H groups in total. The molecule has 2 aliphatic heterocycles. The third-order valence-electron chi connectivity index (χ3n) is 6.27. The zero-order valence-electron chi connectivity index (χ0n) is 16.4. The van der Waals surface area contributed by atoms with Gasteiger partial charge in [-0.25, -0.2) is 4.39 Å². The first-order valence-electron chi connectivity index (χ1n) is 10.3. The van der Waals surface area contributed by atoms with Crippen LogP contribution in [0.25, 0.3) is 0 Å². The van der Waals surface area contributed by atoms with E-state index in [1.165, 1.54) is 12.5 Å². The third-order valence-corrected chi connectivity index (χ3v) is 6.27. The quantitative estimate of drug-likeness (QED) is 0.815. The van der Waals surface area contributed by atoms with Crippen LogP contribution in [0.2, 0.25) is 0 Å². The van der Waals surface area contributed by atoms with Gasteiger partial charge < -0.3 is 9.80 Å². The maximum atomic E-state index is 13.9. The molecule has 0 unspecified atom stereocenters. The van der Waals surface area contributed by atoms with E-state index in [1.807, 2.05) is 24.3 Å². The van der Waals surface area contributed by atoms with Crippen LogP contribution in [0.5, 0.6) is 0 Å². The summed E-state index contributed by atoms with van der Waals surface area (Å²) in [6.07, 6.45) is 6.50. The Balaban J connectivity index is 1.65. The van der Waals surface area contributed by atoms with Crippen LogP contribution >= 0.6 is 0 Å². The first-order valence-corrected chi connectivity index (χ1v) is 10.3. The van der Waals surface area contributed by atoms with E-state index in [4.69, 9.17) is 0 Å². The van der Waals surface area contributed by atoms with Gasteiger partial charge in [-0.3, -0.25) is 9.78 Å². The molecule has 5 heteroatoms. The van der Waals surface area contributed by atoms with Gasteiger partial charge in [0.15, 0.2) is 0 Å². The first-order chi connectivity index (χ1) is 13.6. The van der Waals surface area contributed by atoms with Crippen LogP contribution in [0.1, 0.15) is 42.9 Å². The van der Waals surface area contributed by atoms with E-state index in [0.717, 1.165) is 43.6 Å². The van der Waals surface area contributed by atoms with Gasteiger partial charge >= 0.3 is 0 Å². The van der Waals surface area contributed by atoms with Gasteiger partial charge in [0.05, 0.1) is 12.5 Å². The summed E-state index contributed by atoms with van der Waals surface area (Å²) in [7, 11) is 2.14. The fraction of sp³-hybridized carbons (Fsp3) is 0.478. The number of rotatable bonds is 3. The summed E-state index contributed by atoms with van der Waals surface area (Å²) in [5, 5.41) is 0. The number of carbonyl (C=O) groups excluding carboxylic acids is 1. The van der Waals surface area contributed by atoms with Crippen molar-refractivity contribution in [1.29, 1.82) is 0 Å². The Kier molecular flexibility index (Phi) is 5.72. The highest BCUT2D eigenvalue weighted by Crippen LogP contribution is 2.38. The molecule has 2 aromatic rings. The van der Waals surface area contributed by atoms with Crippen LogP contribution in [0.15, 0.2) is 48.7 Å². The highest BCUT2D eigenvalue weighted by molar-refractivity contribution is 5.79. The maximum Gasteiger partial charge on any atom is 0.228 e. The smallest absolute Gasteiger partial charge is 0.228 e. The van der Waals surface area contributed by atoms with E-state index in [0.29, 0.717) is 12.5 Å². The molecule has 1 aromatic heterocycles. The van der Waals surface area contributed by atoms with Crippen molar-refractivity contribution in [3.8, 4) is 0 Å². The minimum Gasteiger partial charge on any atom is -0.337 e. The number of fused-ring (bicyclic) bond motifs is 1. The molecule has 3 heterocycles. The second kappa shape index (κ2) is 8.39. The van der Waals surface area contributed by atoms with Gasteiger partial charge in [-0.2, -0.15) is 0 Å². The molecule has 0 aliphatic carbocycles. The zero-order valence-corrected chi connectivity index (χ0v) is 16.4. The lowest BCUT2D eigenvalue weighted by Crippen LogP contribution is -2.50. The van der Waals surface area contributed by atoms with E-state index >= 15 is 0 Å². The molecule has 4 rings (SSSR count). The molecular weight excluding hydrogens is 353 g/mol. The second-order valence-corrected chi connectivity index (χ2v) is 8.09. The van der Waals surface area contributed by atoms with Crippen molar-refractivity contribution in [2.75, 3.05) is 20.1 Å². The second-order valence-electron chi connectivity index (χ2n) is 8.09. The van der Waals surface area contributed by atoms with Gasteiger partial charge in [-0.1, -0.05) is 31.0 Å². The average Bonchev–Trinajstić information content (AvgIpc) is 2.98. The van der Waals surface area contributed by atoms with Gasteiger partial charge in [0.1, 0.15) is 5.82 Å². The van der Waals surface area contributed by atoms with Crippen molar-refractivity contribution >= 4 is 5.91 Å². The van der Waals surface area contributed by atoms with Crippen LogP contribution in [0.3, 0.4) is 0 Å². The molecule has 2 fully saturated rings. The van der Waals surface area contributed by atoms with Crippen molar-refractivity contribution < 1.29 is 9.18 Å². The van der Waals surface area contributed by atoms with E-state index < -0.39 is 0 Å². The summed E-state index contributed by atoms with van der Waals surface area (Å²) in [5.74, 6) is 0.0598. The number of carbonyl (C=O) groups is 1. The van der Waals surface area contributed by atoms with Crippen LogP contribution in [0, 0.1) is 5.82 Å². The lowest BCUT2D eigenvalue weighted by atomic mass is 9.86. The van der Waals surface area contributed by atoms with Crippen molar-refractivity contribution in [3.63, 3.8) is 0 Å². The summed E-state index contributed by atoms with van der Waals surface area (Å²) in [6.45, 7) is 1.62. The molecule has 1 amide bonds. The van der Waals surface area contributed by atoms with Crippen LogP contribution in [0.4, 0.5) is 4.39 Å². The van der Waals surface area contributed by atoms with Crippen molar-refractivity contribution in [2.24, 2.45) is 0 Å². The molecule has 0 radical (unpaired) electrons. The standard InChI is InChI=1S/C23H28FN3O/c1-26-16-20(17-8-7-9-18(24)14-17)23-21(26)11-3-2-6-13-27(23)22(28)15-19-10-4-5-12-25-19/h4-5,7-10,12,14,20-21,23H,2-3,6,11,13,15-16H2,1H3/t20-,21+,23-/m0/s1. The van der Waals surface area contributed by atoms with Crippen molar-refractivity contribution in [3.05, 3.63) is 65.7 Å². The Bertz CT molecular complexity index is 813. The number of hydrogen-bond donors (Lipinski definition) is 0. The molecular formula is C23H28FN3O. The summed E-state index contributed by atoms with van der Waals surface area (Å²) in [4.78, 5) is 22.1.